The molecule has 0 saturated heterocycles. The normalized spacial score (nSPS) is 10.9. The van der Waals surface area contributed by atoms with Crippen LogP contribution >= 0.6 is 0 Å². The van der Waals surface area contributed by atoms with Crippen molar-refractivity contribution < 1.29 is 4.79 Å². The van der Waals surface area contributed by atoms with Crippen LogP contribution in [0.2, 0.25) is 0 Å². The van der Waals surface area contributed by atoms with E-state index in [1.807, 2.05) is 14.1 Å². The van der Waals surface area contributed by atoms with Crippen LogP contribution in [-0.4, -0.2) is 34.6 Å². The molecule has 0 aliphatic carbocycles. The molecule has 1 rings (SSSR count). The van der Waals surface area contributed by atoms with Crippen molar-refractivity contribution in [2.75, 3.05) is 13.6 Å². The van der Waals surface area contributed by atoms with Gasteiger partial charge in [-0.15, -0.1) is 0 Å². The van der Waals surface area contributed by atoms with Crippen LogP contribution in [0.5, 0.6) is 0 Å². The number of carbonyl (C=O) groups is 1. The molecule has 14 heavy (non-hydrogen) atoms. The van der Waals surface area contributed by atoms with Crippen LogP contribution in [-0.2, 0) is 13.6 Å². The Labute approximate surface area is 84.5 Å². The van der Waals surface area contributed by atoms with Crippen molar-refractivity contribution in [1.82, 2.24) is 14.7 Å². The Balaban J connectivity index is 2.69. The summed E-state index contributed by atoms with van der Waals surface area (Å²) in [6.45, 7) is 3.90. The molecule has 0 aromatic carbocycles. The van der Waals surface area contributed by atoms with E-state index in [2.05, 4.69) is 16.9 Å². The molecule has 0 amide bonds. The van der Waals surface area contributed by atoms with Crippen LogP contribution < -0.4 is 0 Å². The van der Waals surface area contributed by atoms with E-state index < -0.39 is 0 Å². The summed E-state index contributed by atoms with van der Waals surface area (Å²) in [5.41, 5.74) is 1.55. The van der Waals surface area contributed by atoms with Crippen molar-refractivity contribution in [2.45, 2.75) is 19.9 Å². The van der Waals surface area contributed by atoms with E-state index in [1.54, 1.807) is 10.9 Å². The van der Waals surface area contributed by atoms with Gasteiger partial charge in [-0.3, -0.25) is 9.48 Å². The Hall–Kier alpha value is -1.16. The molecule has 0 spiro atoms. The molecule has 0 saturated carbocycles. The number of carbonyl (C=O) groups excluding carboxylic acids is 1. The van der Waals surface area contributed by atoms with Crippen LogP contribution in [0.25, 0.3) is 0 Å². The maximum atomic E-state index is 10.7. The number of aldehydes is 1. The van der Waals surface area contributed by atoms with E-state index in [0.717, 1.165) is 31.5 Å². The summed E-state index contributed by atoms with van der Waals surface area (Å²) in [6, 6.07) is 0. The van der Waals surface area contributed by atoms with Gasteiger partial charge in [-0.25, -0.2) is 0 Å². The number of aromatic nitrogens is 2. The molecule has 4 heteroatoms. The third kappa shape index (κ3) is 2.67. The first-order valence-electron chi connectivity index (χ1n) is 4.83. The van der Waals surface area contributed by atoms with Gasteiger partial charge in [-0.2, -0.15) is 5.10 Å². The van der Waals surface area contributed by atoms with Gasteiger partial charge in [-0.05, 0) is 20.0 Å². The Morgan fingerprint density at radius 2 is 2.36 bits per heavy atom. The smallest absolute Gasteiger partial charge is 0.153 e. The van der Waals surface area contributed by atoms with Gasteiger partial charge in [0.05, 0.1) is 11.3 Å². The summed E-state index contributed by atoms with van der Waals surface area (Å²) in [6.07, 6.45) is 3.73. The summed E-state index contributed by atoms with van der Waals surface area (Å²) in [5, 5.41) is 4.25. The molecule has 0 fully saturated rings. The zero-order valence-corrected chi connectivity index (χ0v) is 9.03. The SMILES string of the molecule is CCCN(C)Cc1nn(C)cc1C=O. The Kier molecular flexibility index (Phi) is 3.83. The molecule has 0 aliphatic rings. The number of hydrogen-bond acceptors (Lipinski definition) is 3. The van der Waals surface area contributed by atoms with Gasteiger partial charge in [-0.1, -0.05) is 6.92 Å². The fourth-order valence-electron chi connectivity index (χ4n) is 1.49. The third-order valence-electron chi connectivity index (χ3n) is 2.09. The third-order valence-corrected chi connectivity index (χ3v) is 2.09. The summed E-state index contributed by atoms with van der Waals surface area (Å²) in [4.78, 5) is 12.9. The second-order valence-electron chi connectivity index (χ2n) is 3.56. The van der Waals surface area contributed by atoms with Crippen LogP contribution in [0.4, 0.5) is 0 Å². The summed E-state index contributed by atoms with van der Waals surface area (Å²) in [5.74, 6) is 0. The van der Waals surface area contributed by atoms with Gasteiger partial charge >= 0.3 is 0 Å². The molecule has 0 atom stereocenters. The first kappa shape index (κ1) is 10.9. The minimum atomic E-state index is 0.690. The monoisotopic (exact) mass is 195 g/mol. The second-order valence-corrected chi connectivity index (χ2v) is 3.56. The van der Waals surface area contributed by atoms with Crippen molar-refractivity contribution >= 4 is 6.29 Å². The summed E-state index contributed by atoms with van der Waals surface area (Å²) < 4.78 is 1.68. The first-order chi connectivity index (χ1) is 6.67. The van der Waals surface area contributed by atoms with Crippen molar-refractivity contribution in [3.63, 3.8) is 0 Å². The zero-order chi connectivity index (χ0) is 10.6. The minimum Gasteiger partial charge on any atom is -0.300 e. The van der Waals surface area contributed by atoms with E-state index in [9.17, 15) is 4.79 Å². The molecular weight excluding hydrogens is 178 g/mol. The van der Waals surface area contributed by atoms with E-state index in [4.69, 9.17) is 0 Å². The van der Waals surface area contributed by atoms with E-state index in [1.165, 1.54) is 0 Å². The van der Waals surface area contributed by atoms with Crippen LogP contribution in [0, 0.1) is 0 Å². The lowest BCUT2D eigenvalue weighted by atomic mass is 10.2. The topological polar surface area (TPSA) is 38.1 Å². The average molecular weight is 195 g/mol. The predicted octanol–water partition coefficient (Wildman–Crippen LogP) is 1.07. The van der Waals surface area contributed by atoms with Gasteiger partial charge < -0.3 is 4.90 Å². The molecule has 0 bridgehead atoms. The number of hydrogen-bond donors (Lipinski definition) is 0. The fraction of sp³-hybridized carbons (Fsp3) is 0.600. The van der Waals surface area contributed by atoms with Gasteiger partial charge in [0.2, 0.25) is 0 Å². The number of nitrogens with zero attached hydrogens (tertiary/aromatic N) is 3. The Bertz CT molecular complexity index is 306. The number of aryl methyl sites for hydroxylation is 1. The predicted molar refractivity (Wildman–Crippen MR) is 55.2 cm³/mol. The van der Waals surface area contributed by atoms with Crippen LogP contribution in [0.1, 0.15) is 29.4 Å². The second kappa shape index (κ2) is 4.91. The molecule has 78 valence electrons. The zero-order valence-electron chi connectivity index (χ0n) is 9.03. The Morgan fingerprint density at radius 1 is 1.64 bits per heavy atom. The van der Waals surface area contributed by atoms with E-state index in [0.29, 0.717) is 5.56 Å². The summed E-state index contributed by atoms with van der Waals surface area (Å²) in [7, 11) is 3.86. The van der Waals surface area contributed by atoms with E-state index in [-0.39, 0.29) is 0 Å². The van der Waals surface area contributed by atoms with Crippen molar-refractivity contribution in [3.05, 3.63) is 17.5 Å². The molecule has 0 radical (unpaired) electrons. The van der Waals surface area contributed by atoms with Crippen LogP contribution in [0.15, 0.2) is 6.20 Å². The minimum absolute atomic E-state index is 0.690. The molecule has 0 unspecified atom stereocenters. The lowest BCUT2D eigenvalue weighted by Gasteiger charge is -2.13. The van der Waals surface area contributed by atoms with Crippen molar-refractivity contribution in [3.8, 4) is 0 Å². The lowest BCUT2D eigenvalue weighted by molar-refractivity contribution is 0.112. The Morgan fingerprint density at radius 3 is 2.93 bits per heavy atom. The first-order valence-corrected chi connectivity index (χ1v) is 4.83. The molecule has 0 N–H and O–H groups in total. The average Bonchev–Trinajstić information content (AvgIpc) is 2.46. The lowest BCUT2D eigenvalue weighted by Crippen LogP contribution is -2.19. The molecule has 0 aliphatic heterocycles. The standard InChI is InChI=1S/C10H17N3O/c1-4-5-12(2)7-10-9(8-14)6-13(3)11-10/h6,8H,4-5,7H2,1-3H3. The van der Waals surface area contributed by atoms with Crippen LogP contribution in [0.3, 0.4) is 0 Å². The highest BCUT2D eigenvalue weighted by atomic mass is 16.1. The quantitative estimate of drug-likeness (QED) is 0.660. The van der Waals surface area contributed by atoms with Crippen molar-refractivity contribution in [2.24, 2.45) is 7.05 Å². The highest BCUT2D eigenvalue weighted by molar-refractivity contribution is 5.75. The summed E-state index contributed by atoms with van der Waals surface area (Å²) >= 11 is 0. The molecule has 4 nitrogen and oxygen atoms in total. The van der Waals surface area contributed by atoms with Gasteiger partial charge in [0.15, 0.2) is 6.29 Å². The van der Waals surface area contributed by atoms with E-state index >= 15 is 0 Å². The number of rotatable bonds is 5. The largest absolute Gasteiger partial charge is 0.300 e. The highest BCUT2D eigenvalue weighted by Crippen LogP contribution is 2.06. The maximum absolute atomic E-state index is 10.7. The molecule has 1 aromatic heterocycles. The maximum Gasteiger partial charge on any atom is 0.153 e. The molecule has 1 heterocycles. The molecular formula is C10H17N3O. The fourth-order valence-corrected chi connectivity index (χ4v) is 1.49. The van der Waals surface area contributed by atoms with Crippen molar-refractivity contribution in [1.29, 1.82) is 0 Å². The van der Waals surface area contributed by atoms with Gasteiger partial charge in [0, 0.05) is 19.8 Å². The van der Waals surface area contributed by atoms with Gasteiger partial charge in [0.1, 0.15) is 0 Å². The highest BCUT2D eigenvalue weighted by Gasteiger charge is 2.08. The van der Waals surface area contributed by atoms with Gasteiger partial charge in [0.25, 0.3) is 0 Å². The molecule has 1 aromatic rings.